The van der Waals surface area contributed by atoms with Gasteiger partial charge in [-0.1, -0.05) is 38.3 Å². The lowest BCUT2D eigenvalue weighted by atomic mass is 9.73. The van der Waals surface area contributed by atoms with E-state index >= 15 is 0 Å². The minimum absolute atomic E-state index is 0.283. The lowest BCUT2D eigenvalue weighted by Gasteiger charge is -2.39. The molecular weight excluding hydrogens is 260 g/mol. The third-order valence-electron chi connectivity index (χ3n) is 3.90. The van der Waals surface area contributed by atoms with E-state index in [0.717, 1.165) is 12.4 Å². The van der Waals surface area contributed by atoms with Crippen molar-refractivity contribution in [1.82, 2.24) is 9.97 Å². The summed E-state index contributed by atoms with van der Waals surface area (Å²) in [6, 6.07) is 0.420. The Kier molecular flexibility index (Phi) is 4.50. The Labute approximate surface area is 120 Å². The first kappa shape index (κ1) is 14.4. The number of nitrogens with one attached hydrogen (secondary N) is 2. The molecule has 1 aliphatic carbocycles. The fourth-order valence-electron chi connectivity index (χ4n) is 2.64. The van der Waals surface area contributed by atoms with Gasteiger partial charge in [0.25, 0.3) is 0 Å². The van der Waals surface area contributed by atoms with E-state index in [9.17, 15) is 0 Å². The van der Waals surface area contributed by atoms with Gasteiger partial charge in [-0.25, -0.2) is 4.98 Å². The van der Waals surface area contributed by atoms with Gasteiger partial charge in [-0.3, -0.25) is 0 Å². The van der Waals surface area contributed by atoms with Gasteiger partial charge < -0.3 is 10.6 Å². The first-order valence-electron chi connectivity index (χ1n) is 7.06. The molecule has 0 radical (unpaired) electrons. The Morgan fingerprint density at radius 2 is 2.21 bits per heavy atom. The highest BCUT2D eigenvalue weighted by molar-refractivity contribution is 6.32. The number of halogens is 1. The SMILES string of the molecule is CCNc1ncc(Cl)c(NC2CCCCC2(C)C)n1. The van der Waals surface area contributed by atoms with Crippen molar-refractivity contribution in [1.29, 1.82) is 0 Å². The molecule has 0 saturated heterocycles. The summed E-state index contributed by atoms with van der Waals surface area (Å²) in [5.74, 6) is 1.37. The third-order valence-corrected chi connectivity index (χ3v) is 4.17. The standard InChI is InChI=1S/C14H23ClN4/c1-4-16-13-17-9-10(15)12(19-13)18-11-7-5-6-8-14(11,2)3/h9,11H,4-8H2,1-3H3,(H2,16,17,18,19). The van der Waals surface area contributed by atoms with E-state index < -0.39 is 0 Å². The lowest BCUT2D eigenvalue weighted by Crippen LogP contribution is -2.39. The van der Waals surface area contributed by atoms with Crippen LogP contribution in [0.25, 0.3) is 0 Å². The van der Waals surface area contributed by atoms with Crippen molar-refractivity contribution in [3.8, 4) is 0 Å². The summed E-state index contributed by atoms with van der Waals surface area (Å²) in [4.78, 5) is 8.62. The van der Waals surface area contributed by atoms with Crippen LogP contribution in [0.3, 0.4) is 0 Å². The van der Waals surface area contributed by atoms with Crippen LogP contribution >= 0.6 is 11.6 Å². The molecule has 1 unspecified atom stereocenters. The summed E-state index contributed by atoms with van der Waals surface area (Å²) < 4.78 is 0. The predicted molar refractivity (Wildman–Crippen MR) is 80.9 cm³/mol. The van der Waals surface area contributed by atoms with Crippen molar-refractivity contribution >= 4 is 23.4 Å². The van der Waals surface area contributed by atoms with Gasteiger partial charge in [0.05, 0.1) is 6.20 Å². The van der Waals surface area contributed by atoms with Crippen molar-refractivity contribution < 1.29 is 0 Å². The van der Waals surface area contributed by atoms with Crippen LogP contribution in [0.15, 0.2) is 6.20 Å². The molecule has 0 aliphatic heterocycles. The van der Waals surface area contributed by atoms with Crippen molar-refractivity contribution in [2.75, 3.05) is 17.2 Å². The predicted octanol–water partition coefficient (Wildman–Crippen LogP) is 3.94. The molecule has 2 rings (SSSR count). The maximum absolute atomic E-state index is 6.19. The summed E-state index contributed by atoms with van der Waals surface area (Å²) in [5, 5.41) is 7.21. The normalized spacial score (nSPS) is 22.0. The fourth-order valence-corrected chi connectivity index (χ4v) is 2.78. The van der Waals surface area contributed by atoms with Gasteiger partial charge in [0.15, 0.2) is 5.82 Å². The molecule has 1 saturated carbocycles. The Morgan fingerprint density at radius 1 is 1.42 bits per heavy atom. The minimum Gasteiger partial charge on any atom is -0.365 e. The maximum atomic E-state index is 6.19. The summed E-state index contributed by atoms with van der Waals surface area (Å²) in [6.45, 7) is 7.44. The van der Waals surface area contributed by atoms with Crippen LogP contribution in [0.4, 0.5) is 11.8 Å². The number of rotatable bonds is 4. The molecule has 19 heavy (non-hydrogen) atoms. The van der Waals surface area contributed by atoms with Crippen LogP contribution in [0.1, 0.15) is 46.5 Å². The zero-order chi connectivity index (χ0) is 13.9. The zero-order valence-corrected chi connectivity index (χ0v) is 12.7. The van der Waals surface area contributed by atoms with E-state index in [1.54, 1.807) is 6.20 Å². The molecular formula is C14H23ClN4. The minimum atomic E-state index is 0.283. The van der Waals surface area contributed by atoms with Gasteiger partial charge >= 0.3 is 0 Å². The molecule has 1 aromatic heterocycles. The lowest BCUT2D eigenvalue weighted by molar-refractivity contribution is 0.216. The molecule has 1 heterocycles. The van der Waals surface area contributed by atoms with Crippen LogP contribution in [-0.2, 0) is 0 Å². The highest BCUT2D eigenvalue weighted by Gasteiger charge is 2.32. The van der Waals surface area contributed by atoms with E-state index in [1.807, 2.05) is 6.92 Å². The van der Waals surface area contributed by atoms with Gasteiger partial charge in [-0.15, -0.1) is 0 Å². The first-order chi connectivity index (χ1) is 9.03. The molecule has 106 valence electrons. The van der Waals surface area contributed by atoms with E-state index in [2.05, 4.69) is 34.4 Å². The second kappa shape index (κ2) is 5.95. The summed E-state index contributed by atoms with van der Waals surface area (Å²) in [7, 11) is 0. The average Bonchev–Trinajstić information content (AvgIpc) is 2.36. The highest BCUT2D eigenvalue weighted by Crippen LogP contribution is 2.37. The molecule has 0 spiro atoms. The van der Waals surface area contributed by atoms with Gasteiger partial charge in [-0.05, 0) is 25.2 Å². The monoisotopic (exact) mass is 282 g/mol. The topological polar surface area (TPSA) is 49.8 Å². The van der Waals surface area contributed by atoms with E-state index in [0.29, 0.717) is 17.0 Å². The molecule has 1 atom stereocenters. The molecule has 0 amide bonds. The molecule has 1 aliphatic rings. The largest absolute Gasteiger partial charge is 0.365 e. The van der Waals surface area contributed by atoms with Crippen LogP contribution in [0.5, 0.6) is 0 Å². The molecule has 0 bridgehead atoms. The second-order valence-corrected chi connectivity index (χ2v) is 6.26. The van der Waals surface area contributed by atoms with Crippen LogP contribution < -0.4 is 10.6 Å². The van der Waals surface area contributed by atoms with Crippen molar-refractivity contribution in [2.45, 2.75) is 52.5 Å². The zero-order valence-electron chi connectivity index (χ0n) is 12.0. The smallest absolute Gasteiger partial charge is 0.224 e. The highest BCUT2D eigenvalue weighted by atomic mass is 35.5. The van der Waals surface area contributed by atoms with E-state index in [-0.39, 0.29) is 5.41 Å². The number of aromatic nitrogens is 2. The first-order valence-corrected chi connectivity index (χ1v) is 7.43. The van der Waals surface area contributed by atoms with Crippen LogP contribution in [0.2, 0.25) is 5.02 Å². The summed E-state index contributed by atoms with van der Waals surface area (Å²) >= 11 is 6.19. The van der Waals surface area contributed by atoms with E-state index in [4.69, 9.17) is 11.6 Å². The molecule has 1 fully saturated rings. The number of anilines is 2. The van der Waals surface area contributed by atoms with Gasteiger partial charge in [0, 0.05) is 12.6 Å². The molecule has 0 aromatic carbocycles. The molecule has 1 aromatic rings. The van der Waals surface area contributed by atoms with Crippen molar-refractivity contribution in [3.05, 3.63) is 11.2 Å². The molecule has 2 N–H and O–H groups in total. The van der Waals surface area contributed by atoms with Crippen molar-refractivity contribution in [3.63, 3.8) is 0 Å². The number of nitrogens with zero attached hydrogens (tertiary/aromatic N) is 2. The number of hydrogen-bond donors (Lipinski definition) is 2. The Balaban J connectivity index is 2.15. The van der Waals surface area contributed by atoms with E-state index in [1.165, 1.54) is 25.7 Å². The van der Waals surface area contributed by atoms with Crippen molar-refractivity contribution in [2.24, 2.45) is 5.41 Å². The van der Waals surface area contributed by atoms with Gasteiger partial charge in [0.1, 0.15) is 5.02 Å². The van der Waals surface area contributed by atoms with Crippen LogP contribution in [-0.4, -0.2) is 22.6 Å². The molecule has 5 heteroatoms. The Bertz CT molecular complexity index is 433. The summed E-state index contributed by atoms with van der Waals surface area (Å²) in [5.41, 5.74) is 0.283. The fraction of sp³-hybridized carbons (Fsp3) is 0.714. The summed E-state index contributed by atoms with van der Waals surface area (Å²) in [6.07, 6.45) is 6.65. The quantitative estimate of drug-likeness (QED) is 0.878. The Hall–Kier alpha value is -1.03. The second-order valence-electron chi connectivity index (χ2n) is 5.85. The van der Waals surface area contributed by atoms with Gasteiger partial charge in [0.2, 0.25) is 5.95 Å². The third kappa shape index (κ3) is 3.50. The van der Waals surface area contributed by atoms with Crippen LogP contribution in [0, 0.1) is 5.41 Å². The number of hydrogen-bond acceptors (Lipinski definition) is 4. The average molecular weight is 283 g/mol. The van der Waals surface area contributed by atoms with Gasteiger partial charge in [-0.2, -0.15) is 4.98 Å². The maximum Gasteiger partial charge on any atom is 0.224 e. The molecule has 4 nitrogen and oxygen atoms in total. The Morgan fingerprint density at radius 3 is 2.89 bits per heavy atom.